The minimum atomic E-state index is -0.662. The first kappa shape index (κ1) is 24.8. The third kappa shape index (κ3) is 6.13. The maximum absolute atomic E-state index is 12.5. The van der Waals surface area contributed by atoms with Crippen molar-refractivity contribution in [2.24, 2.45) is 0 Å². The predicted octanol–water partition coefficient (Wildman–Crippen LogP) is 6.14. The Morgan fingerprint density at radius 3 is 2.56 bits per heavy atom. The van der Waals surface area contributed by atoms with Gasteiger partial charge in [0.2, 0.25) is 0 Å². The highest BCUT2D eigenvalue weighted by atomic mass is 79.9. The zero-order chi connectivity index (χ0) is 24.7. The van der Waals surface area contributed by atoms with Crippen molar-refractivity contribution in [3.8, 4) is 17.6 Å². The normalized spacial score (nSPS) is 10.8. The van der Waals surface area contributed by atoms with E-state index in [2.05, 4.69) is 21.2 Å². The molecule has 10 heteroatoms. The summed E-state index contributed by atoms with van der Waals surface area (Å²) in [5, 5.41) is 23.4. The quantitative estimate of drug-likeness (QED) is 0.158. The van der Waals surface area contributed by atoms with E-state index < -0.39 is 10.8 Å². The van der Waals surface area contributed by atoms with E-state index in [4.69, 9.17) is 21.1 Å². The van der Waals surface area contributed by atoms with Crippen LogP contribution in [-0.4, -0.2) is 17.9 Å². The van der Waals surface area contributed by atoms with Gasteiger partial charge in [0.25, 0.3) is 11.6 Å². The lowest BCUT2D eigenvalue weighted by atomic mass is 10.1. The van der Waals surface area contributed by atoms with Gasteiger partial charge in [-0.25, -0.2) is 0 Å². The van der Waals surface area contributed by atoms with Crippen molar-refractivity contribution in [2.75, 3.05) is 12.4 Å². The van der Waals surface area contributed by atoms with E-state index in [1.807, 2.05) is 24.3 Å². The number of nitro benzene ring substituents is 1. The minimum Gasteiger partial charge on any atom is -0.493 e. The second-order valence-corrected chi connectivity index (χ2v) is 8.10. The van der Waals surface area contributed by atoms with Crippen molar-refractivity contribution in [1.29, 1.82) is 5.26 Å². The third-order valence-corrected chi connectivity index (χ3v) is 5.55. The van der Waals surface area contributed by atoms with Crippen molar-refractivity contribution in [3.05, 3.63) is 97.0 Å². The number of carbonyl (C=O) groups is 1. The van der Waals surface area contributed by atoms with E-state index in [1.165, 1.54) is 37.5 Å². The van der Waals surface area contributed by atoms with Crippen LogP contribution in [0.2, 0.25) is 5.02 Å². The molecule has 0 unspecified atom stereocenters. The molecule has 0 saturated heterocycles. The number of halogens is 2. The Labute approximate surface area is 208 Å². The van der Waals surface area contributed by atoms with Gasteiger partial charge in [-0.2, -0.15) is 5.26 Å². The fourth-order valence-electron chi connectivity index (χ4n) is 2.91. The number of non-ortho nitro benzene ring substituents is 1. The summed E-state index contributed by atoms with van der Waals surface area (Å²) in [6.07, 6.45) is 1.39. The highest BCUT2D eigenvalue weighted by Gasteiger charge is 2.15. The summed E-state index contributed by atoms with van der Waals surface area (Å²) < 4.78 is 11.9. The van der Waals surface area contributed by atoms with E-state index >= 15 is 0 Å². The van der Waals surface area contributed by atoms with Crippen LogP contribution in [0.5, 0.6) is 11.5 Å². The maximum atomic E-state index is 12.5. The first-order valence-electron chi connectivity index (χ1n) is 9.73. The highest BCUT2D eigenvalue weighted by molar-refractivity contribution is 9.10. The summed E-state index contributed by atoms with van der Waals surface area (Å²) in [6, 6.07) is 17.8. The van der Waals surface area contributed by atoms with Gasteiger partial charge in [-0.15, -0.1) is 0 Å². The summed E-state index contributed by atoms with van der Waals surface area (Å²) in [5.41, 5.74) is 1.36. The van der Waals surface area contributed by atoms with Crippen LogP contribution in [0.25, 0.3) is 6.08 Å². The molecular weight excluding hydrogens is 526 g/mol. The Morgan fingerprint density at radius 1 is 1.24 bits per heavy atom. The molecular formula is C24H17BrClN3O5. The van der Waals surface area contributed by atoms with E-state index in [-0.39, 0.29) is 17.9 Å². The summed E-state index contributed by atoms with van der Waals surface area (Å²) in [5.74, 6) is 0.166. The number of ether oxygens (including phenoxy) is 2. The first-order chi connectivity index (χ1) is 16.3. The number of anilines is 1. The number of methoxy groups -OCH3 is 1. The van der Waals surface area contributed by atoms with Gasteiger partial charge in [-0.1, -0.05) is 29.8 Å². The number of rotatable bonds is 8. The van der Waals surface area contributed by atoms with Gasteiger partial charge in [-0.3, -0.25) is 14.9 Å². The number of nitro groups is 1. The predicted molar refractivity (Wildman–Crippen MR) is 132 cm³/mol. The van der Waals surface area contributed by atoms with Crippen LogP contribution in [0.4, 0.5) is 11.4 Å². The van der Waals surface area contributed by atoms with Crippen molar-refractivity contribution in [3.63, 3.8) is 0 Å². The van der Waals surface area contributed by atoms with Crippen molar-refractivity contribution in [1.82, 2.24) is 0 Å². The Morgan fingerprint density at radius 2 is 1.94 bits per heavy atom. The molecule has 34 heavy (non-hydrogen) atoms. The second kappa shape index (κ2) is 11.3. The van der Waals surface area contributed by atoms with Crippen LogP contribution < -0.4 is 14.8 Å². The zero-order valence-corrected chi connectivity index (χ0v) is 20.1. The van der Waals surface area contributed by atoms with Crippen molar-refractivity contribution < 1.29 is 19.2 Å². The molecule has 1 amide bonds. The van der Waals surface area contributed by atoms with Crippen LogP contribution in [0.1, 0.15) is 11.1 Å². The molecule has 0 heterocycles. The van der Waals surface area contributed by atoms with Crippen LogP contribution in [0, 0.1) is 21.4 Å². The second-order valence-electron chi connectivity index (χ2n) is 6.84. The van der Waals surface area contributed by atoms with E-state index in [0.717, 1.165) is 5.56 Å². The number of nitrogens with one attached hydrogen (secondary N) is 1. The minimum absolute atomic E-state index is 0.108. The van der Waals surface area contributed by atoms with Gasteiger partial charge >= 0.3 is 0 Å². The van der Waals surface area contributed by atoms with Gasteiger partial charge in [0.15, 0.2) is 11.5 Å². The summed E-state index contributed by atoms with van der Waals surface area (Å²) in [7, 11) is 1.48. The monoisotopic (exact) mass is 541 g/mol. The molecule has 3 aromatic carbocycles. The van der Waals surface area contributed by atoms with Crippen LogP contribution in [0.3, 0.4) is 0 Å². The molecule has 8 nitrogen and oxygen atoms in total. The number of hydrogen-bond acceptors (Lipinski definition) is 6. The molecule has 172 valence electrons. The average Bonchev–Trinajstić information content (AvgIpc) is 2.82. The molecule has 0 aliphatic carbocycles. The molecule has 0 saturated carbocycles. The Balaban J connectivity index is 1.80. The number of nitriles is 1. The zero-order valence-electron chi connectivity index (χ0n) is 17.7. The number of nitrogens with zero attached hydrogens (tertiary/aromatic N) is 2. The Hall–Kier alpha value is -3.87. The van der Waals surface area contributed by atoms with Crippen LogP contribution in [-0.2, 0) is 11.4 Å². The van der Waals surface area contributed by atoms with Gasteiger partial charge in [0.1, 0.15) is 18.2 Å². The molecule has 0 spiro atoms. The van der Waals surface area contributed by atoms with E-state index in [9.17, 15) is 20.2 Å². The van der Waals surface area contributed by atoms with E-state index in [1.54, 1.807) is 18.2 Å². The summed E-state index contributed by atoms with van der Waals surface area (Å²) in [4.78, 5) is 22.8. The lowest BCUT2D eigenvalue weighted by Gasteiger charge is -2.14. The standard InChI is InChI=1S/C24H17BrClN3O5/c1-33-22-12-15(11-20(25)23(22)34-14-16-4-2-3-5-21(16)26)10-17(13-27)24(30)28-18-6-8-19(9-7-18)29(31)32/h2-12H,14H2,1H3,(H,28,30)/b17-10-. The fraction of sp³-hybridized carbons (Fsp3) is 0.0833. The molecule has 3 aromatic rings. The van der Waals surface area contributed by atoms with E-state index in [0.29, 0.717) is 32.2 Å². The lowest BCUT2D eigenvalue weighted by molar-refractivity contribution is -0.384. The molecule has 0 bridgehead atoms. The maximum Gasteiger partial charge on any atom is 0.269 e. The average molecular weight is 543 g/mol. The third-order valence-electron chi connectivity index (χ3n) is 4.59. The Kier molecular flexibility index (Phi) is 8.24. The summed E-state index contributed by atoms with van der Waals surface area (Å²) >= 11 is 9.63. The number of amides is 1. The van der Waals surface area contributed by atoms with Crippen molar-refractivity contribution in [2.45, 2.75) is 6.61 Å². The lowest BCUT2D eigenvalue weighted by Crippen LogP contribution is -2.13. The molecule has 0 atom stereocenters. The van der Waals surface area contributed by atoms with Gasteiger partial charge < -0.3 is 14.8 Å². The van der Waals surface area contributed by atoms with Crippen molar-refractivity contribution >= 4 is 50.9 Å². The van der Waals surface area contributed by atoms with Gasteiger partial charge in [0, 0.05) is 28.4 Å². The first-order valence-corrected chi connectivity index (χ1v) is 10.9. The number of hydrogen-bond donors (Lipinski definition) is 1. The fourth-order valence-corrected chi connectivity index (χ4v) is 3.67. The number of benzene rings is 3. The SMILES string of the molecule is COc1cc(/C=C(/C#N)C(=O)Nc2ccc([N+](=O)[O-])cc2)cc(Br)c1OCc1ccccc1Cl. The van der Waals surface area contributed by atoms with Crippen LogP contribution in [0.15, 0.2) is 70.7 Å². The topological polar surface area (TPSA) is 114 Å². The van der Waals surface area contributed by atoms with Gasteiger partial charge in [0.05, 0.1) is 16.5 Å². The Bertz CT molecular complexity index is 1300. The molecule has 1 N–H and O–H groups in total. The molecule has 0 radical (unpaired) electrons. The summed E-state index contributed by atoms with van der Waals surface area (Å²) in [6.45, 7) is 0.213. The molecule has 0 aromatic heterocycles. The molecule has 0 aliphatic rings. The molecule has 0 aliphatic heterocycles. The smallest absolute Gasteiger partial charge is 0.269 e. The molecule has 0 fully saturated rings. The van der Waals surface area contributed by atoms with Gasteiger partial charge in [-0.05, 0) is 57.9 Å². The molecule has 3 rings (SSSR count). The van der Waals surface area contributed by atoms with Crippen LogP contribution >= 0.6 is 27.5 Å². The largest absolute Gasteiger partial charge is 0.493 e. The number of carbonyl (C=O) groups excluding carboxylic acids is 1. The highest BCUT2D eigenvalue weighted by Crippen LogP contribution is 2.38.